The van der Waals surface area contributed by atoms with Gasteiger partial charge in [-0.15, -0.1) is 0 Å². The zero-order valence-electron chi connectivity index (χ0n) is 17.7. The number of hydrogen-bond donors (Lipinski definition) is 1. The summed E-state index contributed by atoms with van der Waals surface area (Å²) in [4.78, 5) is 24.1. The Kier molecular flexibility index (Phi) is 6.84. The van der Waals surface area contributed by atoms with Gasteiger partial charge in [-0.2, -0.15) is 0 Å². The summed E-state index contributed by atoms with van der Waals surface area (Å²) in [6, 6.07) is 8.20. The highest BCUT2D eigenvalue weighted by Crippen LogP contribution is 2.32. The molecule has 2 aromatic rings. The van der Waals surface area contributed by atoms with Crippen LogP contribution in [-0.2, 0) is 24.2 Å². The number of sulfone groups is 1. The zero-order chi connectivity index (χ0) is 22.6. The molecule has 1 N–H and O–H groups in total. The Hall–Kier alpha value is -3.07. The third-order valence-electron chi connectivity index (χ3n) is 4.75. The van der Waals surface area contributed by atoms with Gasteiger partial charge in [0.2, 0.25) is 0 Å². The molecule has 0 fully saturated rings. The summed E-state index contributed by atoms with van der Waals surface area (Å²) in [6.45, 7) is 5.98. The number of benzene rings is 2. The van der Waals surface area contributed by atoms with Gasteiger partial charge in [-0.05, 0) is 44.0 Å². The van der Waals surface area contributed by atoms with Crippen molar-refractivity contribution in [2.45, 2.75) is 32.1 Å². The zero-order valence-corrected chi connectivity index (χ0v) is 18.5. The van der Waals surface area contributed by atoms with Gasteiger partial charge in [-0.1, -0.05) is 17.7 Å². The van der Waals surface area contributed by atoms with Crippen LogP contribution in [0, 0.1) is 20.8 Å². The van der Waals surface area contributed by atoms with E-state index in [9.17, 15) is 18.0 Å². The van der Waals surface area contributed by atoms with Crippen molar-refractivity contribution in [2.75, 3.05) is 30.9 Å². The molecule has 1 heterocycles. The minimum absolute atomic E-state index is 0.0348. The molecule has 0 atom stereocenters. The fourth-order valence-electron chi connectivity index (χ4n) is 3.32. The summed E-state index contributed by atoms with van der Waals surface area (Å²) in [5.74, 6) is -0.863. The molecule has 0 bridgehead atoms. The fraction of sp³-hybridized carbons (Fsp3) is 0.364. The molecule has 3 rings (SSSR count). The number of anilines is 1. The van der Waals surface area contributed by atoms with Gasteiger partial charge in [0.15, 0.2) is 27.9 Å². The minimum atomic E-state index is -3.73. The highest BCUT2D eigenvalue weighted by Gasteiger charge is 2.21. The van der Waals surface area contributed by atoms with Gasteiger partial charge in [0.1, 0.15) is 13.2 Å². The fourth-order valence-corrected chi connectivity index (χ4v) is 4.56. The smallest absolute Gasteiger partial charge is 0.307 e. The molecule has 9 heteroatoms. The number of rotatable bonds is 7. The third kappa shape index (κ3) is 5.75. The first-order valence-electron chi connectivity index (χ1n) is 9.81. The van der Waals surface area contributed by atoms with Crippen LogP contribution in [0.15, 0.2) is 35.2 Å². The third-order valence-corrected chi connectivity index (χ3v) is 6.47. The second-order valence-electron chi connectivity index (χ2n) is 7.36. The molecule has 0 saturated carbocycles. The molecule has 1 aliphatic rings. The monoisotopic (exact) mass is 447 g/mol. The van der Waals surface area contributed by atoms with Crippen LogP contribution in [-0.4, -0.2) is 45.9 Å². The van der Waals surface area contributed by atoms with Crippen molar-refractivity contribution in [3.63, 3.8) is 0 Å². The van der Waals surface area contributed by atoms with Crippen molar-refractivity contribution < 1.29 is 32.2 Å². The molecule has 31 heavy (non-hydrogen) atoms. The number of nitrogens with one attached hydrogen (secondary N) is 1. The van der Waals surface area contributed by atoms with Gasteiger partial charge in [-0.25, -0.2) is 8.42 Å². The van der Waals surface area contributed by atoms with Crippen LogP contribution in [0.1, 0.15) is 23.1 Å². The molecular formula is C22H25NO7S. The number of hydrogen-bond acceptors (Lipinski definition) is 7. The standard InChI is InChI=1S/C22H25NO7S/c1-14-10-15(2)22(16(3)11-14)23-20(24)13-30-21(25)6-9-31(26,27)17-4-5-18-19(12-17)29-8-7-28-18/h4-5,10-12H,6-9,13H2,1-3H3,(H,23,24). The van der Waals surface area contributed by atoms with E-state index in [1.54, 1.807) is 0 Å². The largest absolute Gasteiger partial charge is 0.486 e. The summed E-state index contributed by atoms with van der Waals surface area (Å²) in [5.41, 5.74) is 3.57. The first kappa shape index (κ1) is 22.6. The molecule has 0 saturated heterocycles. The van der Waals surface area contributed by atoms with Crippen molar-refractivity contribution in [3.05, 3.63) is 47.0 Å². The van der Waals surface area contributed by atoms with E-state index in [-0.39, 0.29) is 11.3 Å². The molecule has 0 unspecified atom stereocenters. The van der Waals surface area contributed by atoms with Crippen molar-refractivity contribution in [3.8, 4) is 11.5 Å². The average Bonchev–Trinajstić information content (AvgIpc) is 2.73. The van der Waals surface area contributed by atoms with Gasteiger partial charge in [-0.3, -0.25) is 9.59 Å². The van der Waals surface area contributed by atoms with Crippen LogP contribution in [0.2, 0.25) is 0 Å². The van der Waals surface area contributed by atoms with Gasteiger partial charge >= 0.3 is 5.97 Å². The molecule has 1 amide bonds. The predicted octanol–water partition coefficient (Wildman–Crippen LogP) is 2.73. The normalized spacial score (nSPS) is 12.9. The van der Waals surface area contributed by atoms with Crippen LogP contribution in [0.4, 0.5) is 5.69 Å². The SMILES string of the molecule is Cc1cc(C)c(NC(=O)COC(=O)CCS(=O)(=O)c2ccc3c(c2)OCCO3)c(C)c1. The van der Waals surface area contributed by atoms with Crippen molar-refractivity contribution in [1.82, 2.24) is 0 Å². The topological polar surface area (TPSA) is 108 Å². The Labute approximate surface area is 181 Å². The van der Waals surface area contributed by atoms with Crippen LogP contribution in [0.3, 0.4) is 0 Å². The molecule has 0 spiro atoms. The van der Waals surface area contributed by atoms with E-state index in [0.29, 0.717) is 30.4 Å². The van der Waals surface area contributed by atoms with Crippen molar-refractivity contribution >= 4 is 27.4 Å². The summed E-state index contributed by atoms with van der Waals surface area (Å²) >= 11 is 0. The quantitative estimate of drug-likeness (QED) is 0.650. The molecule has 166 valence electrons. The Morgan fingerprint density at radius 3 is 2.32 bits per heavy atom. The summed E-state index contributed by atoms with van der Waals surface area (Å²) in [7, 11) is -3.73. The lowest BCUT2D eigenvalue weighted by Gasteiger charge is -2.18. The minimum Gasteiger partial charge on any atom is -0.486 e. The summed E-state index contributed by atoms with van der Waals surface area (Å²) < 4.78 is 40.8. The van der Waals surface area contributed by atoms with Crippen molar-refractivity contribution in [1.29, 1.82) is 0 Å². The molecule has 2 aromatic carbocycles. The van der Waals surface area contributed by atoms with E-state index in [1.165, 1.54) is 18.2 Å². The van der Waals surface area contributed by atoms with E-state index in [0.717, 1.165) is 16.7 Å². The predicted molar refractivity (Wildman–Crippen MR) is 114 cm³/mol. The lowest BCUT2D eigenvalue weighted by Crippen LogP contribution is -2.23. The maximum absolute atomic E-state index is 12.5. The van der Waals surface area contributed by atoms with Crippen LogP contribution < -0.4 is 14.8 Å². The van der Waals surface area contributed by atoms with E-state index < -0.39 is 34.1 Å². The average molecular weight is 448 g/mol. The van der Waals surface area contributed by atoms with E-state index in [1.807, 2.05) is 32.9 Å². The maximum atomic E-state index is 12.5. The first-order chi connectivity index (χ1) is 14.7. The Morgan fingerprint density at radius 1 is 1.00 bits per heavy atom. The molecule has 0 radical (unpaired) electrons. The van der Waals surface area contributed by atoms with Crippen LogP contribution in [0.25, 0.3) is 0 Å². The molecular weight excluding hydrogens is 422 g/mol. The highest BCUT2D eigenvalue weighted by atomic mass is 32.2. The Bertz CT molecular complexity index is 1090. The van der Waals surface area contributed by atoms with Crippen LogP contribution >= 0.6 is 0 Å². The van der Waals surface area contributed by atoms with Gasteiger partial charge in [0.25, 0.3) is 5.91 Å². The maximum Gasteiger partial charge on any atom is 0.307 e. The van der Waals surface area contributed by atoms with Gasteiger partial charge in [0, 0.05) is 11.8 Å². The first-order valence-corrected chi connectivity index (χ1v) is 11.5. The van der Waals surface area contributed by atoms with Gasteiger partial charge in [0.05, 0.1) is 17.1 Å². The molecule has 1 aliphatic heterocycles. The number of aryl methyl sites for hydroxylation is 3. The van der Waals surface area contributed by atoms with E-state index >= 15 is 0 Å². The Morgan fingerprint density at radius 2 is 1.65 bits per heavy atom. The number of ether oxygens (including phenoxy) is 3. The highest BCUT2D eigenvalue weighted by molar-refractivity contribution is 7.91. The van der Waals surface area contributed by atoms with Crippen molar-refractivity contribution in [2.24, 2.45) is 0 Å². The number of fused-ring (bicyclic) bond motifs is 1. The van der Waals surface area contributed by atoms with Gasteiger partial charge < -0.3 is 19.5 Å². The molecule has 0 aromatic heterocycles. The second-order valence-corrected chi connectivity index (χ2v) is 9.47. The number of carbonyl (C=O) groups excluding carboxylic acids is 2. The van der Waals surface area contributed by atoms with E-state index in [4.69, 9.17) is 14.2 Å². The number of carbonyl (C=O) groups is 2. The molecule has 0 aliphatic carbocycles. The number of amides is 1. The number of esters is 1. The Balaban J connectivity index is 1.51. The lowest BCUT2D eigenvalue weighted by atomic mass is 10.1. The van der Waals surface area contributed by atoms with Crippen LogP contribution in [0.5, 0.6) is 11.5 Å². The summed E-state index contributed by atoms with van der Waals surface area (Å²) in [5, 5.41) is 2.73. The second kappa shape index (κ2) is 9.38. The molecule has 8 nitrogen and oxygen atoms in total. The summed E-state index contributed by atoms with van der Waals surface area (Å²) in [6.07, 6.45) is -0.368. The lowest BCUT2D eigenvalue weighted by molar-refractivity contribution is -0.146. The van der Waals surface area contributed by atoms with E-state index in [2.05, 4.69) is 5.32 Å².